The number of carbonyl (C=O) groups is 1. The van der Waals surface area contributed by atoms with Crippen molar-refractivity contribution >= 4 is 56.6 Å². The van der Waals surface area contributed by atoms with Gasteiger partial charge in [0.05, 0.1) is 10.2 Å². The Balaban J connectivity index is 0.00000243. The highest BCUT2D eigenvalue weighted by Gasteiger charge is 2.21. The Hall–Kier alpha value is -1.66. The van der Waals surface area contributed by atoms with Gasteiger partial charge < -0.3 is 4.90 Å². The third-order valence-electron chi connectivity index (χ3n) is 3.95. The van der Waals surface area contributed by atoms with Crippen LogP contribution in [0.5, 0.6) is 0 Å². The summed E-state index contributed by atoms with van der Waals surface area (Å²) < 4.78 is 1.09. The van der Waals surface area contributed by atoms with Crippen LogP contribution in [0.2, 0.25) is 5.02 Å². The molecule has 0 bridgehead atoms. The highest BCUT2D eigenvalue weighted by Crippen LogP contribution is 2.31. The van der Waals surface area contributed by atoms with Gasteiger partial charge in [0.25, 0.3) is 5.91 Å². The van der Waals surface area contributed by atoms with Gasteiger partial charge in [0, 0.05) is 23.7 Å². The van der Waals surface area contributed by atoms with Gasteiger partial charge in [-0.25, -0.2) is 4.98 Å². The number of hydrogen-bond donors (Lipinski definition) is 0. The second-order valence-electron chi connectivity index (χ2n) is 6.19. The molecule has 1 heterocycles. The van der Waals surface area contributed by atoms with Gasteiger partial charge in [-0.2, -0.15) is 0 Å². The number of thiazole rings is 1. The molecule has 7 heteroatoms. The molecule has 0 aliphatic carbocycles. The number of aromatic nitrogens is 1. The van der Waals surface area contributed by atoms with Gasteiger partial charge in [-0.15, -0.1) is 12.4 Å². The van der Waals surface area contributed by atoms with Crippen molar-refractivity contribution in [2.24, 2.45) is 0 Å². The van der Waals surface area contributed by atoms with Gasteiger partial charge in [-0.1, -0.05) is 35.1 Å². The van der Waals surface area contributed by atoms with Crippen LogP contribution in [0, 0.1) is 6.92 Å². The van der Waals surface area contributed by atoms with Gasteiger partial charge in [-0.3, -0.25) is 9.69 Å². The van der Waals surface area contributed by atoms with Crippen LogP contribution < -0.4 is 4.90 Å². The number of nitrogens with zero attached hydrogens (tertiary/aromatic N) is 3. The second kappa shape index (κ2) is 8.82. The Kier molecular flexibility index (Phi) is 7.01. The Labute approximate surface area is 168 Å². The van der Waals surface area contributed by atoms with Crippen LogP contribution in [0.25, 0.3) is 10.2 Å². The van der Waals surface area contributed by atoms with E-state index in [9.17, 15) is 4.79 Å². The number of carbonyl (C=O) groups excluding carboxylic acids is 1. The van der Waals surface area contributed by atoms with Crippen LogP contribution in [0.1, 0.15) is 15.9 Å². The fourth-order valence-corrected chi connectivity index (χ4v) is 3.72. The lowest BCUT2D eigenvalue weighted by atomic mass is 10.2. The van der Waals surface area contributed by atoms with E-state index in [1.165, 1.54) is 0 Å². The first kappa shape index (κ1) is 20.6. The summed E-state index contributed by atoms with van der Waals surface area (Å²) in [6.45, 7) is 3.37. The summed E-state index contributed by atoms with van der Waals surface area (Å²) in [5.74, 6) is -0.0600. The molecule has 0 radical (unpaired) electrons. The number of likely N-dealkylation sites (N-methyl/N-ethyl adjacent to an activating group) is 1. The van der Waals surface area contributed by atoms with Crippen LogP contribution in [0.3, 0.4) is 0 Å². The van der Waals surface area contributed by atoms with Crippen LogP contribution in [-0.4, -0.2) is 43.0 Å². The molecule has 138 valence electrons. The highest BCUT2D eigenvalue weighted by atomic mass is 35.5. The summed E-state index contributed by atoms with van der Waals surface area (Å²) >= 11 is 7.49. The van der Waals surface area contributed by atoms with Crippen molar-refractivity contribution in [3.05, 3.63) is 58.6 Å². The van der Waals surface area contributed by atoms with Crippen molar-refractivity contribution in [3.8, 4) is 0 Å². The molecular weight excluding hydrogens is 389 g/mol. The maximum Gasteiger partial charge on any atom is 0.260 e. The number of benzene rings is 2. The van der Waals surface area contributed by atoms with Crippen molar-refractivity contribution in [2.45, 2.75) is 6.92 Å². The smallest absolute Gasteiger partial charge is 0.260 e. The molecule has 0 unspecified atom stereocenters. The molecule has 1 aromatic heterocycles. The van der Waals surface area contributed by atoms with E-state index in [4.69, 9.17) is 16.6 Å². The molecule has 0 saturated carbocycles. The summed E-state index contributed by atoms with van der Waals surface area (Å²) in [6, 6.07) is 13.1. The molecule has 4 nitrogen and oxygen atoms in total. The van der Waals surface area contributed by atoms with Gasteiger partial charge in [0.1, 0.15) is 0 Å². The van der Waals surface area contributed by atoms with Crippen LogP contribution >= 0.6 is 35.3 Å². The Bertz CT molecular complexity index is 893. The van der Waals surface area contributed by atoms with E-state index in [0.717, 1.165) is 27.5 Å². The first-order valence-electron chi connectivity index (χ1n) is 8.04. The quantitative estimate of drug-likeness (QED) is 0.601. The zero-order valence-electron chi connectivity index (χ0n) is 14.9. The predicted octanol–water partition coefficient (Wildman–Crippen LogP) is 4.89. The van der Waals surface area contributed by atoms with Crippen molar-refractivity contribution in [3.63, 3.8) is 0 Å². The van der Waals surface area contributed by atoms with E-state index in [0.29, 0.717) is 17.1 Å². The molecule has 0 atom stereocenters. The zero-order chi connectivity index (χ0) is 18.0. The monoisotopic (exact) mass is 409 g/mol. The summed E-state index contributed by atoms with van der Waals surface area (Å²) in [7, 11) is 3.99. The number of anilines is 1. The van der Waals surface area contributed by atoms with Crippen LogP contribution in [-0.2, 0) is 0 Å². The first-order valence-corrected chi connectivity index (χ1v) is 9.23. The molecular formula is C19H21Cl2N3OS. The Morgan fingerprint density at radius 3 is 2.42 bits per heavy atom. The molecule has 0 aliphatic rings. The molecule has 2 aromatic carbocycles. The molecule has 0 saturated heterocycles. The van der Waals surface area contributed by atoms with Gasteiger partial charge in [-0.05, 0) is 56.9 Å². The number of halogens is 2. The number of aryl methyl sites for hydroxylation is 1. The minimum Gasteiger partial charge on any atom is -0.308 e. The molecule has 0 N–H and O–H groups in total. The number of fused-ring (bicyclic) bond motifs is 1. The lowest BCUT2D eigenvalue weighted by Gasteiger charge is -2.22. The maximum absolute atomic E-state index is 13.1. The van der Waals surface area contributed by atoms with E-state index in [-0.39, 0.29) is 18.3 Å². The summed E-state index contributed by atoms with van der Waals surface area (Å²) in [4.78, 5) is 21.6. The molecule has 1 amide bonds. The second-order valence-corrected chi connectivity index (χ2v) is 7.63. The van der Waals surface area contributed by atoms with Crippen molar-refractivity contribution in [1.82, 2.24) is 9.88 Å². The predicted molar refractivity (Wildman–Crippen MR) is 113 cm³/mol. The molecule has 0 spiro atoms. The van der Waals surface area contributed by atoms with Gasteiger partial charge >= 0.3 is 0 Å². The van der Waals surface area contributed by atoms with Crippen LogP contribution in [0.15, 0.2) is 42.5 Å². The Morgan fingerprint density at radius 2 is 1.81 bits per heavy atom. The maximum atomic E-state index is 13.1. The normalized spacial score (nSPS) is 10.8. The average molecular weight is 410 g/mol. The topological polar surface area (TPSA) is 36.4 Å². The number of amides is 1. The fourth-order valence-electron chi connectivity index (χ4n) is 2.52. The molecule has 0 aliphatic heterocycles. The molecule has 0 fully saturated rings. The van der Waals surface area contributed by atoms with E-state index in [2.05, 4.69) is 4.90 Å². The number of rotatable bonds is 5. The van der Waals surface area contributed by atoms with Crippen molar-refractivity contribution in [2.75, 3.05) is 32.1 Å². The molecule has 3 aromatic rings. The summed E-state index contributed by atoms with van der Waals surface area (Å²) in [5.41, 5.74) is 2.69. The third kappa shape index (κ3) is 4.54. The lowest BCUT2D eigenvalue weighted by Crippen LogP contribution is -2.36. The largest absolute Gasteiger partial charge is 0.308 e. The van der Waals surface area contributed by atoms with E-state index >= 15 is 0 Å². The molecule has 26 heavy (non-hydrogen) atoms. The SMILES string of the molecule is Cc1cccc2sc(N(CCN(C)C)C(=O)c3ccc(Cl)cc3)nc12.Cl. The zero-order valence-corrected chi connectivity index (χ0v) is 17.3. The summed E-state index contributed by atoms with van der Waals surface area (Å²) in [5, 5.41) is 1.35. The van der Waals surface area contributed by atoms with E-state index < -0.39 is 0 Å². The third-order valence-corrected chi connectivity index (χ3v) is 5.24. The minimum absolute atomic E-state index is 0. The lowest BCUT2D eigenvalue weighted by molar-refractivity contribution is 0.0985. The Morgan fingerprint density at radius 1 is 1.12 bits per heavy atom. The first-order chi connectivity index (χ1) is 12.0. The van der Waals surface area contributed by atoms with E-state index in [1.807, 2.05) is 39.2 Å². The highest BCUT2D eigenvalue weighted by molar-refractivity contribution is 7.22. The summed E-state index contributed by atoms with van der Waals surface area (Å²) in [6.07, 6.45) is 0. The average Bonchev–Trinajstić information content (AvgIpc) is 3.00. The van der Waals surface area contributed by atoms with Crippen LogP contribution in [0.4, 0.5) is 5.13 Å². The standard InChI is InChI=1S/C19H20ClN3OS.ClH/c1-13-5-4-6-16-17(13)21-19(25-16)23(12-11-22(2)3)18(24)14-7-9-15(20)10-8-14;/h4-10H,11-12H2,1-3H3;1H. The van der Waals surface area contributed by atoms with Crippen molar-refractivity contribution in [1.29, 1.82) is 0 Å². The molecule has 3 rings (SSSR count). The fraction of sp³-hybridized carbons (Fsp3) is 0.263. The van der Waals surface area contributed by atoms with Crippen molar-refractivity contribution < 1.29 is 4.79 Å². The minimum atomic E-state index is -0.0600. The van der Waals surface area contributed by atoms with Gasteiger partial charge in [0.15, 0.2) is 5.13 Å². The number of hydrogen-bond acceptors (Lipinski definition) is 4. The van der Waals surface area contributed by atoms with Gasteiger partial charge in [0.2, 0.25) is 0 Å². The number of para-hydroxylation sites is 1. The van der Waals surface area contributed by atoms with E-state index in [1.54, 1.807) is 40.5 Å².